The predicted octanol–water partition coefficient (Wildman–Crippen LogP) is 3.85. The van der Waals surface area contributed by atoms with Gasteiger partial charge in [0.15, 0.2) is 0 Å². The summed E-state index contributed by atoms with van der Waals surface area (Å²) < 4.78 is 0. The zero-order valence-electron chi connectivity index (χ0n) is 14.3. The minimum absolute atomic E-state index is 0.195. The molecule has 0 aromatic heterocycles. The van der Waals surface area contributed by atoms with Gasteiger partial charge in [0.25, 0.3) is 0 Å². The SMILES string of the molecule is CC(C)[C@@H]1CC[C@@H](C)[C@@H]2CC[C@H](C)C3(O)C2CC(O)C[C@@H]13. The van der Waals surface area contributed by atoms with Gasteiger partial charge in [-0.15, -0.1) is 0 Å². The molecule has 0 saturated heterocycles. The van der Waals surface area contributed by atoms with E-state index < -0.39 is 5.60 Å². The van der Waals surface area contributed by atoms with Crippen LogP contribution in [0.15, 0.2) is 0 Å². The molecule has 0 amide bonds. The molecule has 8 atom stereocenters. The fourth-order valence-corrected chi connectivity index (χ4v) is 6.33. The molecule has 2 N–H and O–H groups in total. The van der Waals surface area contributed by atoms with Gasteiger partial charge in [-0.1, -0.05) is 34.1 Å². The average molecular weight is 294 g/mol. The third-order valence-electron chi connectivity index (χ3n) is 7.54. The lowest BCUT2D eigenvalue weighted by molar-refractivity contribution is -0.220. The third-order valence-corrected chi connectivity index (χ3v) is 7.54. The molecule has 4 bridgehead atoms. The maximum absolute atomic E-state index is 11.8. The molecule has 0 aliphatic heterocycles. The van der Waals surface area contributed by atoms with Crippen molar-refractivity contribution >= 4 is 0 Å². The van der Waals surface area contributed by atoms with E-state index in [-0.39, 0.29) is 6.10 Å². The Bertz CT molecular complexity index is 380. The van der Waals surface area contributed by atoms with Gasteiger partial charge >= 0.3 is 0 Å². The van der Waals surface area contributed by atoms with Gasteiger partial charge in [0.2, 0.25) is 0 Å². The lowest BCUT2D eigenvalue weighted by Gasteiger charge is -2.61. The largest absolute Gasteiger partial charge is 0.393 e. The molecule has 3 saturated carbocycles. The van der Waals surface area contributed by atoms with Crippen molar-refractivity contribution in [3.63, 3.8) is 0 Å². The van der Waals surface area contributed by atoms with E-state index in [0.717, 1.165) is 12.8 Å². The van der Waals surface area contributed by atoms with Crippen LogP contribution in [0.1, 0.15) is 66.2 Å². The normalized spacial score (nSPS) is 54.1. The number of rotatable bonds is 1. The number of hydrogen-bond acceptors (Lipinski definition) is 2. The monoisotopic (exact) mass is 294 g/mol. The van der Waals surface area contributed by atoms with E-state index in [1.807, 2.05) is 0 Å². The molecule has 0 heterocycles. The molecule has 21 heavy (non-hydrogen) atoms. The topological polar surface area (TPSA) is 40.5 Å². The summed E-state index contributed by atoms with van der Waals surface area (Å²) >= 11 is 0. The summed E-state index contributed by atoms with van der Waals surface area (Å²) in [7, 11) is 0. The molecule has 3 aliphatic rings. The second-order valence-electron chi connectivity index (χ2n) is 8.83. The minimum Gasteiger partial charge on any atom is -0.393 e. The Balaban J connectivity index is 2.05. The fraction of sp³-hybridized carbons (Fsp3) is 1.00. The maximum Gasteiger partial charge on any atom is 0.0736 e. The fourth-order valence-electron chi connectivity index (χ4n) is 6.33. The summed E-state index contributed by atoms with van der Waals surface area (Å²) in [6, 6.07) is 0. The lowest BCUT2D eigenvalue weighted by Crippen LogP contribution is -2.63. The quantitative estimate of drug-likeness (QED) is 0.771. The van der Waals surface area contributed by atoms with Crippen LogP contribution in [0.3, 0.4) is 0 Å². The first-order chi connectivity index (χ1) is 9.85. The molecular weight excluding hydrogens is 260 g/mol. The Morgan fingerprint density at radius 3 is 2.29 bits per heavy atom. The molecule has 3 aliphatic carbocycles. The van der Waals surface area contributed by atoms with Crippen LogP contribution in [0.4, 0.5) is 0 Å². The van der Waals surface area contributed by atoms with E-state index in [1.54, 1.807) is 0 Å². The first-order valence-electron chi connectivity index (χ1n) is 9.26. The van der Waals surface area contributed by atoms with E-state index in [4.69, 9.17) is 0 Å². The van der Waals surface area contributed by atoms with Gasteiger partial charge in [0, 0.05) is 0 Å². The van der Waals surface area contributed by atoms with Gasteiger partial charge < -0.3 is 10.2 Å². The second kappa shape index (κ2) is 5.53. The summed E-state index contributed by atoms with van der Waals surface area (Å²) in [5.41, 5.74) is -0.522. The Kier molecular flexibility index (Phi) is 4.16. The van der Waals surface area contributed by atoms with Gasteiger partial charge in [-0.25, -0.2) is 0 Å². The smallest absolute Gasteiger partial charge is 0.0736 e. The number of hydrogen-bond donors (Lipinski definition) is 2. The highest BCUT2D eigenvalue weighted by molar-refractivity contribution is 5.09. The third kappa shape index (κ3) is 2.37. The second-order valence-corrected chi connectivity index (χ2v) is 8.83. The van der Waals surface area contributed by atoms with E-state index in [9.17, 15) is 10.2 Å². The van der Waals surface area contributed by atoms with Crippen molar-refractivity contribution in [2.24, 2.45) is 41.4 Å². The van der Waals surface area contributed by atoms with E-state index >= 15 is 0 Å². The van der Waals surface area contributed by atoms with Gasteiger partial charge in [-0.05, 0) is 73.5 Å². The van der Waals surface area contributed by atoms with Gasteiger partial charge in [-0.2, -0.15) is 0 Å². The Morgan fingerprint density at radius 2 is 1.62 bits per heavy atom. The minimum atomic E-state index is -0.522. The van der Waals surface area contributed by atoms with Crippen molar-refractivity contribution in [1.29, 1.82) is 0 Å². The van der Waals surface area contributed by atoms with Crippen molar-refractivity contribution in [3.05, 3.63) is 0 Å². The lowest BCUT2D eigenvalue weighted by atomic mass is 9.47. The first-order valence-corrected chi connectivity index (χ1v) is 9.26. The van der Waals surface area contributed by atoms with Crippen molar-refractivity contribution in [2.45, 2.75) is 77.9 Å². The van der Waals surface area contributed by atoms with Crippen molar-refractivity contribution in [3.8, 4) is 0 Å². The van der Waals surface area contributed by atoms with Gasteiger partial charge in [-0.3, -0.25) is 0 Å². The highest BCUT2D eigenvalue weighted by atomic mass is 16.3. The van der Waals surface area contributed by atoms with Crippen LogP contribution in [-0.2, 0) is 0 Å². The maximum atomic E-state index is 11.8. The zero-order chi connectivity index (χ0) is 15.4. The highest BCUT2D eigenvalue weighted by Crippen LogP contribution is 2.59. The van der Waals surface area contributed by atoms with Gasteiger partial charge in [0.05, 0.1) is 11.7 Å². The first kappa shape index (κ1) is 15.8. The average Bonchev–Trinajstić information content (AvgIpc) is 2.41. The summed E-state index contributed by atoms with van der Waals surface area (Å²) in [4.78, 5) is 0. The molecule has 2 heteroatoms. The van der Waals surface area contributed by atoms with Crippen molar-refractivity contribution < 1.29 is 10.2 Å². The van der Waals surface area contributed by atoms with E-state index in [1.165, 1.54) is 25.7 Å². The molecule has 3 rings (SSSR count). The van der Waals surface area contributed by atoms with Crippen LogP contribution in [0, 0.1) is 41.4 Å². The standard InChI is InChI=1S/C19H34O2/c1-11(2)15-7-5-12(3)16-8-6-13(4)19(21)17(15)9-14(20)10-18(16)19/h11-18,20-21H,5-10H2,1-4H3/t12-,13+,14?,15+,16+,17+,18?,19?/m1/s1. The Labute approximate surface area is 130 Å². The molecule has 3 fully saturated rings. The molecule has 0 aromatic carbocycles. The molecule has 122 valence electrons. The Hall–Kier alpha value is -0.0800. The molecule has 2 nitrogen and oxygen atoms in total. The van der Waals surface area contributed by atoms with Crippen LogP contribution in [-0.4, -0.2) is 21.9 Å². The summed E-state index contributed by atoms with van der Waals surface area (Å²) in [5.74, 6) is 3.50. The molecule has 0 radical (unpaired) electrons. The van der Waals surface area contributed by atoms with Crippen molar-refractivity contribution in [1.82, 2.24) is 0 Å². The zero-order valence-corrected chi connectivity index (χ0v) is 14.3. The van der Waals surface area contributed by atoms with Crippen LogP contribution in [0.2, 0.25) is 0 Å². The Morgan fingerprint density at radius 1 is 0.952 bits per heavy atom. The molecular formula is C19H34O2. The summed E-state index contributed by atoms with van der Waals surface area (Å²) in [6.45, 7) is 9.26. The summed E-state index contributed by atoms with van der Waals surface area (Å²) in [5, 5.41) is 22.3. The van der Waals surface area contributed by atoms with Crippen LogP contribution in [0.25, 0.3) is 0 Å². The molecule has 0 spiro atoms. The van der Waals surface area contributed by atoms with Crippen molar-refractivity contribution in [2.75, 3.05) is 0 Å². The van der Waals surface area contributed by atoms with E-state index in [0.29, 0.717) is 41.4 Å². The number of aliphatic hydroxyl groups is 2. The predicted molar refractivity (Wildman–Crippen MR) is 85.8 cm³/mol. The molecule has 0 aromatic rings. The highest BCUT2D eigenvalue weighted by Gasteiger charge is 2.59. The van der Waals surface area contributed by atoms with Gasteiger partial charge in [0.1, 0.15) is 0 Å². The molecule has 3 unspecified atom stereocenters. The van der Waals surface area contributed by atoms with Crippen LogP contribution in [0.5, 0.6) is 0 Å². The summed E-state index contributed by atoms with van der Waals surface area (Å²) in [6.07, 6.45) is 6.41. The van der Waals surface area contributed by atoms with Crippen LogP contribution < -0.4 is 0 Å². The number of aliphatic hydroxyl groups excluding tert-OH is 1. The van der Waals surface area contributed by atoms with Crippen LogP contribution >= 0.6 is 0 Å². The van der Waals surface area contributed by atoms with E-state index in [2.05, 4.69) is 27.7 Å².